The van der Waals surface area contributed by atoms with Gasteiger partial charge in [0.05, 0.1) is 0 Å². The van der Waals surface area contributed by atoms with E-state index >= 15 is 0 Å². The molecule has 62 valence electrons. The summed E-state index contributed by atoms with van der Waals surface area (Å²) in [5, 5.41) is 12.1. The smallest absolute Gasteiger partial charge is 0.407 e. The molecule has 4 heteroatoms. The number of rotatable bonds is 0. The van der Waals surface area contributed by atoms with Crippen LogP contribution in [0.5, 0.6) is 0 Å². The number of carbonyl (C=O) groups is 1. The van der Waals surface area contributed by atoms with Crippen molar-refractivity contribution in [3.63, 3.8) is 0 Å². The Hall–Kier alpha value is -0.770. The van der Waals surface area contributed by atoms with Crippen LogP contribution in [0.2, 0.25) is 0 Å². The number of likely N-dealkylation sites (tertiary alicyclic amines) is 1. The zero-order valence-electron chi connectivity index (χ0n) is 6.29. The third-order valence-corrected chi connectivity index (χ3v) is 2.49. The summed E-state index contributed by atoms with van der Waals surface area (Å²) < 4.78 is 0. The molecular formula is C7H12N2O2. The van der Waals surface area contributed by atoms with Crippen LogP contribution in [0.3, 0.4) is 0 Å². The molecule has 0 aliphatic carbocycles. The van der Waals surface area contributed by atoms with Crippen molar-refractivity contribution in [1.29, 1.82) is 0 Å². The fourth-order valence-corrected chi connectivity index (χ4v) is 1.95. The lowest BCUT2D eigenvalue weighted by molar-refractivity contribution is 0.127. The Labute approximate surface area is 65.2 Å². The topological polar surface area (TPSA) is 52.6 Å². The second-order valence-electron chi connectivity index (χ2n) is 3.33. The van der Waals surface area contributed by atoms with Crippen molar-refractivity contribution in [2.45, 2.75) is 24.9 Å². The minimum Gasteiger partial charge on any atom is -0.465 e. The lowest BCUT2D eigenvalue weighted by atomic mass is 10.2. The number of nitrogens with zero attached hydrogens (tertiary/aromatic N) is 1. The first-order valence-corrected chi connectivity index (χ1v) is 3.99. The first-order chi connectivity index (χ1) is 5.25. The maximum Gasteiger partial charge on any atom is 0.407 e. The summed E-state index contributed by atoms with van der Waals surface area (Å²) in [6.07, 6.45) is 1.49. The van der Waals surface area contributed by atoms with Crippen LogP contribution in [-0.4, -0.2) is 41.3 Å². The van der Waals surface area contributed by atoms with Gasteiger partial charge >= 0.3 is 6.09 Å². The molecule has 2 aliphatic rings. The van der Waals surface area contributed by atoms with Gasteiger partial charge in [-0.25, -0.2) is 4.79 Å². The number of hydrogen-bond donors (Lipinski definition) is 2. The quantitative estimate of drug-likeness (QED) is 0.523. The molecule has 2 N–H and O–H groups in total. The number of carboxylic acid groups (broad SMARTS) is 1. The summed E-state index contributed by atoms with van der Waals surface area (Å²) in [5.74, 6) is 0. The Balaban J connectivity index is 2.02. The first-order valence-electron chi connectivity index (χ1n) is 3.99. The minimum atomic E-state index is -0.775. The van der Waals surface area contributed by atoms with Gasteiger partial charge < -0.3 is 15.3 Å². The van der Waals surface area contributed by atoms with E-state index < -0.39 is 6.09 Å². The fraction of sp³-hybridized carbons (Fsp3) is 0.857. The van der Waals surface area contributed by atoms with Crippen molar-refractivity contribution < 1.29 is 9.90 Å². The molecule has 1 amide bonds. The highest BCUT2D eigenvalue weighted by atomic mass is 16.4. The Bertz CT molecular complexity index is 171. The van der Waals surface area contributed by atoms with Gasteiger partial charge in [-0.15, -0.1) is 0 Å². The van der Waals surface area contributed by atoms with E-state index in [9.17, 15) is 4.79 Å². The van der Waals surface area contributed by atoms with Crippen LogP contribution < -0.4 is 5.32 Å². The zero-order valence-corrected chi connectivity index (χ0v) is 6.29. The highest BCUT2D eigenvalue weighted by molar-refractivity contribution is 5.65. The number of hydrogen-bond acceptors (Lipinski definition) is 2. The molecule has 0 saturated carbocycles. The molecule has 2 bridgehead atoms. The number of piperazine rings is 1. The molecule has 4 nitrogen and oxygen atoms in total. The van der Waals surface area contributed by atoms with Gasteiger partial charge in [0.15, 0.2) is 0 Å². The maximum atomic E-state index is 10.6. The number of amides is 1. The molecule has 0 unspecified atom stereocenters. The molecule has 0 aromatic rings. The molecule has 0 spiro atoms. The second-order valence-corrected chi connectivity index (χ2v) is 3.33. The molecule has 2 rings (SSSR count). The van der Waals surface area contributed by atoms with E-state index in [2.05, 4.69) is 5.32 Å². The predicted octanol–water partition coefficient (Wildman–Crippen LogP) is 0.101. The van der Waals surface area contributed by atoms with Crippen molar-refractivity contribution >= 4 is 6.09 Å². The Morgan fingerprint density at radius 3 is 2.36 bits per heavy atom. The molecule has 11 heavy (non-hydrogen) atoms. The van der Waals surface area contributed by atoms with Crippen LogP contribution in [0.25, 0.3) is 0 Å². The normalized spacial score (nSPS) is 35.8. The predicted molar refractivity (Wildman–Crippen MR) is 39.5 cm³/mol. The summed E-state index contributed by atoms with van der Waals surface area (Å²) >= 11 is 0. The number of nitrogens with one attached hydrogen (secondary N) is 1. The van der Waals surface area contributed by atoms with E-state index in [0.29, 0.717) is 25.2 Å². The van der Waals surface area contributed by atoms with Gasteiger partial charge in [-0.3, -0.25) is 0 Å². The highest BCUT2D eigenvalue weighted by Crippen LogP contribution is 2.19. The van der Waals surface area contributed by atoms with Crippen molar-refractivity contribution in [3.05, 3.63) is 0 Å². The SMILES string of the molecule is O=C(O)N1C[C@H]2CC[C@@H](C1)N2. The van der Waals surface area contributed by atoms with E-state index in [1.54, 1.807) is 0 Å². The molecule has 2 aliphatic heterocycles. The lowest BCUT2D eigenvalue weighted by Gasteiger charge is -2.30. The summed E-state index contributed by atoms with van der Waals surface area (Å²) in [6.45, 7) is 1.34. The number of fused-ring (bicyclic) bond motifs is 2. The molecule has 2 heterocycles. The second kappa shape index (κ2) is 2.37. The van der Waals surface area contributed by atoms with Gasteiger partial charge in [0, 0.05) is 25.2 Å². The van der Waals surface area contributed by atoms with Crippen molar-refractivity contribution in [2.75, 3.05) is 13.1 Å². The molecule has 0 aromatic carbocycles. The molecule has 0 aromatic heterocycles. The van der Waals surface area contributed by atoms with Gasteiger partial charge in [-0.2, -0.15) is 0 Å². The third kappa shape index (κ3) is 1.18. The molecule has 2 saturated heterocycles. The van der Waals surface area contributed by atoms with E-state index in [4.69, 9.17) is 5.11 Å². The maximum absolute atomic E-state index is 10.6. The van der Waals surface area contributed by atoms with E-state index in [1.165, 1.54) is 4.90 Å². The van der Waals surface area contributed by atoms with Gasteiger partial charge in [0.2, 0.25) is 0 Å². The minimum absolute atomic E-state index is 0.421. The van der Waals surface area contributed by atoms with Crippen molar-refractivity contribution in [1.82, 2.24) is 10.2 Å². The van der Waals surface area contributed by atoms with Crippen molar-refractivity contribution in [2.24, 2.45) is 0 Å². The lowest BCUT2D eigenvalue weighted by Crippen LogP contribution is -2.52. The standard InChI is InChI=1S/C7H12N2O2/c10-7(11)9-3-5-1-2-6(4-9)8-5/h5-6,8H,1-4H2,(H,10,11)/t5-,6+. The van der Waals surface area contributed by atoms with Crippen LogP contribution in [0.4, 0.5) is 4.79 Å². The molecule has 0 radical (unpaired) electrons. The van der Waals surface area contributed by atoms with E-state index in [-0.39, 0.29) is 0 Å². The Kier molecular flexibility index (Phi) is 1.49. The zero-order chi connectivity index (χ0) is 7.84. The Morgan fingerprint density at radius 2 is 1.91 bits per heavy atom. The molecular weight excluding hydrogens is 144 g/mol. The van der Waals surface area contributed by atoms with Crippen LogP contribution in [-0.2, 0) is 0 Å². The van der Waals surface area contributed by atoms with Crippen LogP contribution >= 0.6 is 0 Å². The summed E-state index contributed by atoms with van der Waals surface area (Å²) in [5.41, 5.74) is 0. The highest BCUT2D eigenvalue weighted by Gasteiger charge is 2.33. The summed E-state index contributed by atoms with van der Waals surface area (Å²) in [4.78, 5) is 12.1. The van der Waals surface area contributed by atoms with Gasteiger partial charge in [-0.05, 0) is 12.8 Å². The van der Waals surface area contributed by atoms with E-state index in [1.807, 2.05) is 0 Å². The Morgan fingerprint density at radius 1 is 1.36 bits per heavy atom. The summed E-state index contributed by atoms with van der Waals surface area (Å²) in [7, 11) is 0. The third-order valence-electron chi connectivity index (χ3n) is 2.49. The van der Waals surface area contributed by atoms with Crippen molar-refractivity contribution in [3.8, 4) is 0 Å². The molecule has 2 atom stereocenters. The molecule has 2 fully saturated rings. The van der Waals surface area contributed by atoms with Gasteiger partial charge in [0.25, 0.3) is 0 Å². The fourth-order valence-electron chi connectivity index (χ4n) is 1.95. The average molecular weight is 156 g/mol. The van der Waals surface area contributed by atoms with E-state index in [0.717, 1.165) is 12.8 Å². The summed E-state index contributed by atoms with van der Waals surface area (Å²) in [6, 6.07) is 0.842. The van der Waals surface area contributed by atoms with Gasteiger partial charge in [0.1, 0.15) is 0 Å². The monoisotopic (exact) mass is 156 g/mol. The largest absolute Gasteiger partial charge is 0.465 e. The van der Waals surface area contributed by atoms with Crippen LogP contribution in [0, 0.1) is 0 Å². The first kappa shape index (κ1) is 6.91. The van der Waals surface area contributed by atoms with Crippen LogP contribution in [0.15, 0.2) is 0 Å². The van der Waals surface area contributed by atoms with Gasteiger partial charge in [-0.1, -0.05) is 0 Å². The van der Waals surface area contributed by atoms with Crippen LogP contribution in [0.1, 0.15) is 12.8 Å². The average Bonchev–Trinajstić information content (AvgIpc) is 2.30.